The van der Waals surface area contributed by atoms with Gasteiger partial charge in [-0.15, -0.1) is 0 Å². The van der Waals surface area contributed by atoms with Crippen molar-refractivity contribution < 1.29 is 14.3 Å². The van der Waals surface area contributed by atoms with E-state index in [1.165, 1.54) is 11.1 Å². The van der Waals surface area contributed by atoms with E-state index in [1.807, 2.05) is 36.1 Å². The van der Waals surface area contributed by atoms with Gasteiger partial charge in [0, 0.05) is 13.1 Å². The average Bonchev–Trinajstić information content (AvgIpc) is 3.13. The topological polar surface area (TPSA) is 38.8 Å². The minimum Gasteiger partial charge on any atom is -0.454 e. The predicted molar refractivity (Wildman–Crippen MR) is 95.8 cm³/mol. The van der Waals surface area contributed by atoms with Crippen LogP contribution < -0.4 is 9.47 Å². The van der Waals surface area contributed by atoms with Crippen LogP contribution in [0.4, 0.5) is 0 Å². The normalized spacial score (nSPS) is 17.9. The third kappa shape index (κ3) is 3.09. The standard InChI is InChI=1S/C21H23NO3/c1-2-22(13-15-10-11-19-20(12-15)25-14-24-19)21(23)18-9-5-7-16-6-3-4-8-17(16)18/h3-4,6,8,10-12,18H,2,5,7,9,13-14H2,1H3. The fourth-order valence-electron chi connectivity index (χ4n) is 3.84. The molecule has 130 valence electrons. The van der Waals surface area contributed by atoms with Crippen molar-refractivity contribution in [1.82, 2.24) is 4.90 Å². The number of amides is 1. The predicted octanol–water partition coefficient (Wildman–Crippen LogP) is 3.88. The lowest BCUT2D eigenvalue weighted by atomic mass is 9.82. The number of hydrogen-bond donors (Lipinski definition) is 0. The number of nitrogens with zero attached hydrogens (tertiary/aromatic N) is 1. The van der Waals surface area contributed by atoms with Crippen LogP contribution in [0.3, 0.4) is 0 Å². The fraction of sp³-hybridized carbons (Fsp3) is 0.381. The van der Waals surface area contributed by atoms with Gasteiger partial charge >= 0.3 is 0 Å². The first kappa shape index (κ1) is 16.0. The molecule has 1 aliphatic heterocycles. The molecule has 4 rings (SSSR count). The van der Waals surface area contributed by atoms with Crippen LogP contribution in [0.1, 0.15) is 42.4 Å². The number of ether oxygens (including phenoxy) is 2. The molecule has 4 heteroatoms. The third-order valence-electron chi connectivity index (χ3n) is 5.17. The fourth-order valence-corrected chi connectivity index (χ4v) is 3.84. The maximum absolute atomic E-state index is 13.2. The summed E-state index contributed by atoms with van der Waals surface area (Å²) >= 11 is 0. The number of carbonyl (C=O) groups is 1. The van der Waals surface area contributed by atoms with Crippen LogP contribution in [0.2, 0.25) is 0 Å². The van der Waals surface area contributed by atoms with Crippen molar-refractivity contribution in [2.45, 2.75) is 38.6 Å². The number of aryl methyl sites for hydroxylation is 1. The molecular weight excluding hydrogens is 314 g/mol. The van der Waals surface area contributed by atoms with Crippen molar-refractivity contribution in [2.24, 2.45) is 0 Å². The Hall–Kier alpha value is -2.49. The molecule has 0 radical (unpaired) electrons. The highest BCUT2D eigenvalue weighted by molar-refractivity contribution is 5.84. The Morgan fingerprint density at radius 1 is 1.16 bits per heavy atom. The van der Waals surface area contributed by atoms with E-state index in [1.54, 1.807) is 0 Å². The number of rotatable bonds is 4. The number of carbonyl (C=O) groups excluding carboxylic acids is 1. The Kier molecular flexibility index (Phi) is 4.35. The van der Waals surface area contributed by atoms with Crippen molar-refractivity contribution in [1.29, 1.82) is 0 Å². The summed E-state index contributed by atoms with van der Waals surface area (Å²) in [6, 6.07) is 14.3. The minimum absolute atomic E-state index is 0.0149. The molecule has 2 aliphatic rings. The van der Waals surface area contributed by atoms with E-state index in [2.05, 4.69) is 18.2 Å². The second kappa shape index (κ2) is 6.79. The molecule has 1 heterocycles. The Morgan fingerprint density at radius 3 is 2.88 bits per heavy atom. The highest BCUT2D eigenvalue weighted by Crippen LogP contribution is 2.35. The molecule has 1 atom stereocenters. The molecule has 0 fully saturated rings. The molecule has 25 heavy (non-hydrogen) atoms. The lowest BCUT2D eigenvalue weighted by Crippen LogP contribution is -2.35. The Morgan fingerprint density at radius 2 is 2.00 bits per heavy atom. The summed E-state index contributed by atoms with van der Waals surface area (Å²) in [4.78, 5) is 15.1. The zero-order chi connectivity index (χ0) is 17.2. The summed E-state index contributed by atoms with van der Waals surface area (Å²) in [6.45, 7) is 3.62. The maximum Gasteiger partial charge on any atom is 0.231 e. The van der Waals surface area contributed by atoms with Crippen LogP contribution in [0.5, 0.6) is 11.5 Å². The van der Waals surface area contributed by atoms with Crippen LogP contribution in [0.15, 0.2) is 42.5 Å². The molecule has 2 aromatic rings. The molecule has 0 bridgehead atoms. The van der Waals surface area contributed by atoms with Crippen LogP contribution in [0.25, 0.3) is 0 Å². The largest absolute Gasteiger partial charge is 0.454 e. The van der Waals surface area contributed by atoms with E-state index < -0.39 is 0 Å². The number of benzene rings is 2. The van der Waals surface area contributed by atoms with Gasteiger partial charge in [0.15, 0.2) is 11.5 Å². The van der Waals surface area contributed by atoms with Crippen molar-refractivity contribution in [3.8, 4) is 11.5 Å². The molecule has 0 N–H and O–H groups in total. The van der Waals surface area contributed by atoms with E-state index in [-0.39, 0.29) is 18.6 Å². The summed E-state index contributed by atoms with van der Waals surface area (Å²) in [7, 11) is 0. The van der Waals surface area contributed by atoms with Gasteiger partial charge < -0.3 is 14.4 Å². The van der Waals surface area contributed by atoms with E-state index in [9.17, 15) is 4.79 Å². The monoisotopic (exact) mass is 337 g/mol. The van der Waals surface area contributed by atoms with Gasteiger partial charge in [-0.25, -0.2) is 0 Å². The lowest BCUT2D eigenvalue weighted by molar-refractivity contribution is -0.133. The molecule has 0 aromatic heterocycles. The minimum atomic E-state index is -0.0149. The summed E-state index contributed by atoms with van der Waals surface area (Å²) in [5.41, 5.74) is 3.61. The zero-order valence-electron chi connectivity index (χ0n) is 14.5. The molecule has 4 nitrogen and oxygen atoms in total. The van der Waals surface area contributed by atoms with E-state index in [4.69, 9.17) is 9.47 Å². The molecular formula is C21H23NO3. The molecule has 0 spiro atoms. The molecule has 0 saturated carbocycles. The third-order valence-corrected chi connectivity index (χ3v) is 5.17. The Labute approximate surface area is 148 Å². The van der Waals surface area contributed by atoms with Gasteiger partial charge in [0.05, 0.1) is 5.92 Å². The van der Waals surface area contributed by atoms with Gasteiger partial charge in [-0.05, 0) is 55.0 Å². The SMILES string of the molecule is CCN(Cc1ccc2c(c1)OCO2)C(=O)C1CCCc2ccccc21. The maximum atomic E-state index is 13.2. The van der Waals surface area contributed by atoms with Gasteiger partial charge in [-0.1, -0.05) is 30.3 Å². The first-order chi connectivity index (χ1) is 12.3. The second-order valence-electron chi connectivity index (χ2n) is 6.68. The quantitative estimate of drug-likeness (QED) is 0.850. The van der Waals surface area contributed by atoms with Crippen molar-refractivity contribution in [2.75, 3.05) is 13.3 Å². The van der Waals surface area contributed by atoms with Crippen molar-refractivity contribution in [3.63, 3.8) is 0 Å². The van der Waals surface area contributed by atoms with Crippen LogP contribution in [-0.4, -0.2) is 24.1 Å². The lowest BCUT2D eigenvalue weighted by Gasteiger charge is -2.30. The van der Waals surface area contributed by atoms with Crippen LogP contribution >= 0.6 is 0 Å². The highest BCUT2D eigenvalue weighted by atomic mass is 16.7. The first-order valence-electron chi connectivity index (χ1n) is 9.01. The summed E-state index contributed by atoms with van der Waals surface area (Å²) in [6.07, 6.45) is 3.09. The van der Waals surface area contributed by atoms with Crippen LogP contribution in [-0.2, 0) is 17.8 Å². The van der Waals surface area contributed by atoms with E-state index in [0.717, 1.165) is 36.3 Å². The van der Waals surface area contributed by atoms with Gasteiger partial charge in [-0.2, -0.15) is 0 Å². The second-order valence-corrected chi connectivity index (χ2v) is 6.68. The van der Waals surface area contributed by atoms with E-state index >= 15 is 0 Å². The molecule has 1 amide bonds. The van der Waals surface area contributed by atoms with Crippen LogP contribution in [0, 0.1) is 0 Å². The summed E-state index contributed by atoms with van der Waals surface area (Å²) in [5.74, 6) is 1.76. The van der Waals surface area contributed by atoms with Crippen molar-refractivity contribution >= 4 is 5.91 Å². The van der Waals surface area contributed by atoms with Gasteiger partial charge in [-0.3, -0.25) is 4.79 Å². The summed E-state index contributed by atoms with van der Waals surface area (Å²) in [5, 5.41) is 0. The number of likely N-dealkylation sites (N-methyl/N-ethyl adjacent to an activating group) is 1. The number of hydrogen-bond acceptors (Lipinski definition) is 3. The highest BCUT2D eigenvalue weighted by Gasteiger charge is 2.29. The smallest absolute Gasteiger partial charge is 0.231 e. The molecule has 2 aromatic carbocycles. The Balaban J connectivity index is 1.54. The Bertz CT molecular complexity index is 786. The summed E-state index contributed by atoms with van der Waals surface area (Å²) < 4.78 is 10.8. The van der Waals surface area contributed by atoms with E-state index in [0.29, 0.717) is 13.1 Å². The van der Waals surface area contributed by atoms with Crippen molar-refractivity contribution in [3.05, 3.63) is 59.2 Å². The van der Waals surface area contributed by atoms with Gasteiger partial charge in [0.25, 0.3) is 0 Å². The van der Waals surface area contributed by atoms with Gasteiger partial charge in [0.2, 0.25) is 12.7 Å². The molecule has 0 saturated heterocycles. The molecule has 1 aliphatic carbocycles. The first-order valence-corrected chi connectivity index (χ1v) is 9.01. The van der Waals surface area contributed by atoms with Gasteiger partial charge in [0.1, 0.15) is 0 Å². The molecule has 1 unspecified atom stereocenters. The zero-order valence-corrected chi connectivity index (χ0v) is 14.5. The number of fused-ring (bicyclic) bond motifs is 2. The average molecular weight is 337 g/mol.